The smallest absolute Gasteiger partial charge is 0.336 e. The minimum absolute atomic E-state index is 0.265. The second-order valence-corrected chi connectivity index (χ2v) is 5.82. The minimum atomic E-state index is -0.943. The lowest BCUT2D eigenvalue weighted by Gasteiger charge is -1.95. The van der Waals surface area contributed by atoms with Crippen molar-refractivity contribution in [1.82, 2.24) is 4.98 Å². The van der Waals surface area contributed by atoms with Gasteiger partial charge in [-0.25, -0.2) is 14.2 Å². The number of hydrogen-bond donors (Lipinski definition) is 1. The Hall–Kier alpha value is -2.05. The van der Waals surface area contributed by atoms with Crippen molar-refractivity contribution in [1.29, 1.82) is 0 Å². The quantitative estimate of drug-likeness (QED) is 0.781. The highest BCUT2D eigenvalue weighted by Crippen LogP contribution is 2.32. The van der Waals surface area contributed by atoms with Gasteiger partial charge in [0.25, 0.3) is 0 Å². The van der Waals surface area contributed by atoms with Crippen molar-refractivity contribution in [3.63, 3.8) is 0 Å². The number of aromatic carboxylic acids is 1. The molecule has 0 aliphatic carbocycles. The lowest BCUT2D eigenvalue weighted by Crippen LogP contribution is -1.91. The molecule has 0 spiro atoms. The van der Waals surface area contributed by atoms with Gasteiger partial charge in [0.05, 0.1) is 16.1 Å². The molecule has 1 aromatic carbocycles. The number of rotatable bonds is 3. The van der Waals surface area contributed by atoms with Crippen molar-refractivity contribution in [2.24, 2.45) is 0 Å². The molecule has 20 heavy (non-hydrogen) atoms. The number of benzene rings is 1. The van der Waals surface area contributed by atoms with Crippen molar-refractivity contribution in [2.75, 3.05) is 0 Å². The Kier molecular flexibility index (Phi) is 3.33. The Morgan fingerprint density at radius 1 is 1.15 bits per heavy atom. The lowest BCUT2D eigenvalue weighted by molar-refractivity contribution is 0.0697. The fraction of sp³-hybridized carbons (Fsp3) is 0. The van der Waals surface area contributed by atoms with Gasteiger partial charge in [-0.3, -0.25) is 0 Å². The maximum atomic E-state index is 12.9. The van der Waals surface area contributed by atoms with Crippen LogP contribution >= 0.6 is 22.7 Å². The van der Waals surface area contributed by atoms with Crippen LogP contribution in [0.1, 0.15) is 10.4 Å². The highest BCUT2D eigenvalue weighted by molar-refractivity contribution is 7.15. The van der Waals surface area contributed by atoms with Gasteiger partial charge in [-0.05, 0) is 30.3 Å². The topological polar surface area (TPSA) is 50.2 Å². The summed E-state index contributed by atoms with van der Waals surface area (Å²) in [5.41, 5.74) is 1.85. The summed E-state index contributed by atoms with van der Waals surface area (Å²) in [6.07, 6.45) is 0. The van der Waals surface area contributed by atoms with E-state index in [1.807, 2.05) is 5.38 Å². The predicted molar refractivity (Wildman–Crippen MR) is 77.8 cm³/mol. The molecule has 0 saturated carbocycles. The Morgan fingerprint density at radius 3 is 2.55 bits per heavy atom. The van der Waals surface area contributed by atoms with Crippen molar-refractivity contribution in [3.05, 3.63) is 52.5 Å². The normalized spacial score (nSPS) is 10.7. The maximum absolute atomic E-state index is 12.9. The second-order valence-electron chi connectivity index (χ2n) is 4.05. The van der Waals surface area contributed by atoms with E-state index in [4.69, 9.17) is 5.11 Å². The number of carbonyl (C=O) groups is 1. The molecule has 2 heterocycles. The average molecular weight is 305 g/mol. The van der Waals surface area contributed by atoms with Gasteiger partial charge in [0.2, 0.25) is 0 Å². The highest BCUT2D eigenvalue weighted by atomic mass is 32.1. The van der Waals surface area contributed by atoms with Gasteiger partial charge in [-0.1, -0.05) is 0 Å². The largest absolute Gasteiger partial charge is 0.478 e. The van der Waals surface area contributed by atoms with Crippen LogP contribution in [0.3, 0.4) is 0 Å². The van der Waals surface area contributed by atoms with Gasteiger partial charge in [0, 0.05) is 16.3 Å². The zero-order valence-electron chi connectivity index (χ0n) is 10.0. The van der Waals surface area contributed by atoms with E-state index in [2.05, 4.69) is 4.98 Å². The molecule has 6 heteroatoms. The van der Waals surface area contributed by atoms with E-state index in [1.165, 1.54) is 34.8 Å². The molecule has 0 unspecified atom stereocenters. The third-order valence-corrected chi connectivity index (χ3v) is 4.54. The van der Waals surface area contributed by atoms with Crippen LogP contribution in [0, 0.1) is 5.82 Å². The Bertz CT molecular complexity index is 762. The Labute approximate surface area is 122 Å². The molecule has 0 atom stereocenters. The number of aromatic nitrogens is 1. The summed E-state index contributed by atoms with van der Waals surface area (Å²) in [5.74, 6) is -1.23. The van der Waals surface area contributed by atoms with Crippen LogP contribution in [0.15, 0.2) is 41.1 Å². The molecule has 2 aromatic heterocycles. The third-order valence-electron chi connectivity index (χ3n) is 2.69. The van der Waals surface area contributed by atoms with Crippen LogP contribution in [-0.4, -0.2) is 16.1 Å². The molecule has 3 rings (SSSR count). The zero-order valence-corrected chi connectivity index (χ0v) is 11.7. The summed E-state index contributed by atoms with van der Waals surface area (Å²) in [6, 6.07) is 7.74. The Balaban J connectivity index is 1.93. The van der Waals surface area contributed by atoms with Crippen LogP contribution in [0.2, 0.25) is 0 Å². The van der Waals surface area contributed by atoms with E-state index in [9.17, 15) is 9.18 Å². The number of halogens is 1. The molecule has 100 valence electrons. The zero-order chi connectivity index (χ0) is 14.1. The molecule has 3 nitrogen and oxygen atoms in total. The lowest BCUT2D eigenvalue weighted by atomic mass is 10.2. The molecule has 0 radical (unpaired) electrons. The van der Waals surface area contributed by atoms with Crippen molar-refractivity contribution in [2.45, 2.75) is 0 Å². The molecule has 1 N–H and O–H groups in total. The van der Waals surface area contributed by atoms with Gasteiger partial charge in [-0.15, -0.1) is 22.7 Å². The van der Waals surface area contributed by atoms with E-state index in [-0.39, 0.29) is 11.4 Å². The van der Waals surface area contributed by atoms with Crippen LogP contribution < -0.4 is 0 Å². The monoisotopic (exact) mass is 305 g/mol. The van der Waals surface area contributed by atoms with E-state index >= 15 is 0 Å². The molecule has 0 aliphatic rings. The third kappa shape index (κ3) is 2.48. The highest BCUT2D eigenvalue weighted by Gasteiger charge is 2.11. The molecule has 0 fully saturated rings. The number of carboxylic acids is 1. The van der Waals surface area contributed by atoms with E-state index in [0.29, 0.717) is 0 Å². The number of thiophene rings is 1. The van der Waals surface area contributed by atoms with Gasteiger partial charge in [0.15, 0.2) is 0 Å². The molecule has 0 amide bonds. The molecule has 0 saturated heterocycles. The fourth-order valence-electron chi connectivity index (χ4n) is 1.69. The maximum Gasteiger partial charge on any atom is 0.336 e. The summed E-state index contributed by atoms with van der Waals surface area (Å²) in [4.78, 5) is 16.1. The summed E-state index contributed by atoms with van der Waals surface area (Å²) < 4.78 is 12.9. The SMILES string of the molecule is O=C(O)c1csc(-c2csc(-c3ccc(F)cc3)n2)c1. The van der Waals surface area contributed by atoms with Crippen LogP contribution in [0.5, 0.6) is 0 Å². The number of nitrogens with zero attached hydrogens (tertiary/aromatic N) is 1. The average Bonchev–Trinajstić information content (AvgIpc) is 3.08. The summed E-state index contributed by atoms with van der Waals surface area (Å²) in [7, 11) is 0. The summed E-state index contributed by atoms with van der Waals surface area (Å²) >= 11 is 2.79. The molecule has 0 bridgehead atoms. The summed E-state index contributed by atoms with van der Waals surface area (Å²) in [5, 5.41) is 13.2. The van der Waals surface area contributed by atoms with Crippen LogP contribution in [0.25, 0.3) is 21.1 Å². The molecular weight excluding hydrogens is 297 g/mol. The second kappa shape index (κ2) is 5.15. The van der Waals surface area contributed by atoms with Crippen molar-refractivity contribution >= 4 is 28.6 Å². The molecular formula is C14H8FNO2S2. The van der Waals surface area contributed by atoms with Gasteiger partial charge >= 0.3 is 5.97 Å². The standard InChI is InChI=1S/C14H8FNO2S2/c15-10-3-1-8(2-4-10)13-16-11(7-20-13)12-5-9(6-19-12)14(17)18/h1-7H,(H,17,18). The van der Waals surface area contributed by atoms with E-state index in [1.54, 1.807) is 23.6 Å². The van der Waals surface area contributed by atoms with Crippen molar-refractivity contribution in [3.8, 4) is 21.1 Å². The first-order valence-electron chi connectivity index (χ1n) is 5.67. The first-order chi connectivity index (χ1) is 9.63. The predicted octanol–water partition coefficient (Wildman–Crippen LogP) is 4.38. The molecule has 3 aromatic rings. The van der Waals surface area contributed by atoms with Crippen LogP contribution in [0.4, 0.5) is 4.39 Å². The Morgan fingerprint density at radius 2 is 1.90 bits per heavy atom. The number of hydrogen-bond acceptors (Lipinski definition) is 4. The number of thiazole rings is 1. The van der Waals surface area contributed by atoms with E-state index in [0.717, 1.165) is 21.1 Å². The fourth-order valence-corrected chi connectivity index (χ4v) is 3.44. The number of carboxylic acid groups (broad SMARTS) is 1. The van der Waals surface area contributed by atoms with Crippen LogP contribution in [-0.2, 0) is 0 Å². The van der Waals surface area contributed by atoms with Gasteiger partial charge in [0.1, 0.15) is 10.8 Å². The first-order valence-corrected chi connectivity index (χ1v) is 7.43. The molecule has 0 aliphatic heterocycles. The first kappa shape index (κ1) is 13.0. The minimum Gasteiger partial charge on any atom is -0.478 e. The summed E-state index contributed by atoms with van der Waals surface area (Å²) in [6.45, 7) is 0. The van der Waals surface area contributed by atoms with Crippen molar-refractivity contribution < 1.29 is 14.3 Å². The van der Waals surface area contributed by atoms with E-state index < -0.39 is 5.97 Å². The van der Waals surface area contributed by atoms with Gasteiger partial charge < -0.3 is 5.11 Å². The van der Waals surface area contributed by atoms with Gasteiger partial charge in [-0.2, -0.15) is 0 Å².